The lowest BCUT2D eigenvalue weighted by Gasteiger charge is -2.00. The number of pyridine rings is 1. The largest absolute Gasteiger partial charge is 0.480 e. The molecule has 17 heavy (non-hydrogen) atoms. The van der Waals surface area contributed by atoms with Gasteiger partial charge in [-0.25, -0.2) is 9.67 Å². The first-order valence-corrected chi connectivity index (χ1v) is 5.19. The van der Waals surface area contributed by atoms with Gasteiger partial charge >= 0.3 is 5.97 Å². The Balaban J connectivity index is 2.33. The number of nitrogens with zero attached hydrogens (tertiary/aromatic N) is 4. The molecule has 0 aromatic carbocycles. The topological polar surface area (TPSA) is 80.9 Å². The molecule has 0 saturated heterocycles. The van der Waals surface area contributed by atoms with E-state index in [9.17, 15) is 4.79 Å². The highest BCUT2D eigenvalue weighted by Gasteiger charge is 2.09. The summed E-state index contributed by atoms with van der Waals surface area (Å²) in [7, 11) is 0. The Labute approximate surface area is 102 Å². The smallest absolute Gasteiger partial charge is 0.325 e. The molecule has 0 atom stereocenters. The third kappa shape index (κ3) is 2.59. The van der Waals surface area contributed by atoms with Crippen LogP contribution < -0.4 is 0 Å². The average molecular weight is 253 g/mol. The van der Waals surface area contributed by atoms with Crippen LogP contribution in [0.25, 0.3) is 11.3 Å². The van der Waals surface area contributed by atoms with Crippen LogP contribution in [0.4, 0.5) is 0 Å². The lowest BCUT2D eigenvalue weighted by molar-refractivity contribution is -0.137. The Morgan fingerprint density at radius 3 is 2.94 bits per heavy atom. The van der Waals surface area contributed by atoms with Crippen molar-refractivity contribution in [3.63, 3.8) is 0 Å². The molecule has 0 unspecified atom stereocenters. The van der Waals surface area contributed by atoms with Gasteiger partial charge in [-0.2, -0.15) is 0 Å². The Morgan fingerprint density at radius 2 is 2.29 bits per heavy atom. The number of hydrogen-bond donors (Lipinski definition) is 1. The number of carbonyl (C=O) groups is 1. The fraction of sp³-hybridized carbons (Fsp3) is 0.200. The van der Waals surface area contributed by atoms with Gasteiger partial charge in [0.15, 0.2) is 0 Å². The van der Waals surface area contributed by atoms with E-state index in [1.807, 2.05) is 0 Å². The molecule has 0 bridgehead atoms. The molecule has 1 N–H and O–H groups in total. The van der Waals surface area contributed by atoms with Crippen LogP contribution >= 0.6 is 11.6 Å². The van der Waals surface area contributed by atoms with Gasteiger partial charge in [0.2, 0.25) is 0 Å². The standard InChI is InChI=1S/C10H9ClN4O2/c1-6-7(2-3-9(11)12-6)8-4-15(14-13-8)5-10(16)17/h2-4H,5H2,1H3,(H,16,17). The number of halogens is 1. The van der Waals surface area contributed by atoms with E-state index in [0.29, 0.717) is 10.8 Å². The molecule has 0 amide bonds. The van der Waals surface area contributed by atoms with E-state index in [0.717, 1.165) is 11.3 Å². The van der Waals surface area contributed by atoms with E-state index in [4.69, 9.17) is 16.7 Å². The molecule has 88 valence electrons. The third-order valence-electron chi connectivity index (χ3n) is 2.16. The van der Waals surface area contributed by atoms with Crippen molar-refractivity contribution in [2.75, 3.05) is 0 Å². The van der Waals surface area contributed by atoms with Gasteiger partial charge in [0.25, 0.3) is 0 Å². The van der Waals surface area contributed by atoms with Gasteiger partial charge in [-0.1, -0.05) is 16.8 Å². The second-order valence-electron chi connectivity index (χ2n) is 3.46. The summed E-state index contributed by atoms with van der Waals surface area (Å²) < 4.78 is 1.26. The first-order valence-electron chi connectivity index (χ1n) is 4.81. The first kappa shape index (κ1) is 11.5. The van der Waals surface area contributed by atoms with Crippen LogP contribution in [0.1, 0.15) is 5.69 Å². The summed E-state index contributed by atoms with van der Waals surface area (Å²) in [5.74, 6) is -0.965. The number of carboxylic acids is 1. The minimum atomic E-state index is -0.965. The predicted octanol–water partition coefficient (Wildman–Crippen LogP) is 1.39. The minimum Gasteiger partial charge on any atom is -0.480 e. The molecule has 0 fully saturated rings. The van der Waals surface area contributed by atoms with Crippen LogP contribution in [0.2, 0.25) is 5.15 Å². The van der Waals surface area contributed by atoms with E-state index in [1.165, 1.54) is 4.68 Å². The van der Waals surface area contributed by atoms with Crippen molar-refractivity contribution in [1.82, 2.24) is 20.0 Å². The lowest BCUT2D eigenvalue weighted by atomic mass is 10.1. The lowest BCUT2D eigenvalue weighted by Crippen LogP contribution is -2.08. The summed E-state index contributed by atoms with van der Waals surface area (Å²) in [6, 6.07) is 3.43. The fourth-order valence-corrected chi connectivity index (χ4v) is 1.63. The van der Waals surface area contributed by atoms with Gasteiger partial charge in [-0.3, -0.25) is 4.79 Å². The second-order valence-corrected chi connectivity index (χ2v) is 3.85. The van der Waals surface area contributed by atoms with Gasteiger partial charge in [0.05, 0.1) is 6.20 Å². The molecule has 2 heterocycles. The van der Waals surface area contributed by atoms with Crippen molar-refractivity contribution in [3.05, 3.63) is 29.2 Å². The zero-order valence-electron chi connectivity index (χ0n) is 8.96. The second kappa shape index (κ2) is 4.50. The summed E-state index contributed by atoms with van der Waals surface area (Å²) in [6.45, 7) is 1.59. The van der Waals surface area contributed by atoms with Crippen molar-refractivity contribution in [1.29, 1.82) is 0 Å². The summed E-state index contributed by atoms with van der Waals surface area (Å²) in [5, 5.41) is 16.6. The SMILES string of the molecule is Cc1nc(Cl)ccc1-c1cn(CC(=O)O)nn1. The van der Waals surface area contributed by atoms with Crippen molar-refractivity contribution in [2.45, 2.75) is 13.5 Å². The number of aromatic nitrogens is 4. The van der Waals surface area contributed by atoms with E-state index in [-0.39, 0.29) is 6.54 Å². The van der Waals surface area contributed by atoms with Crippen molar-refractivity contribution >= 4 is 17.6 Å². The maximum atomic E-state index is 10.5. The highest BCUT2D eigenvalue weighted by Crippen LogP contribution is 2.21. The number of rotatable bonds is 3. The van der Waals surface area contributed by atoms with Crippen LogP contribution in [-0.4, -0.2) is 31.1 Å². The highest BCUT2D eigenvalue weighted by atomic mass is 35.5. The Hall–Kier alpha value is -1.95. The van der Waals surface area contributed by atoms with Gasteiger partial charge in [-0.15, -0.1) is 5.10 Å². The Bertz CT molecular complexity index is 567. The molecular formula is C10H9ClN4O2. The normalized spacial score (nSPS) is 10.5. The van der Waals surface area contributed by atoms with Crippen molar-refractivity contribution < 1.29 is 9.90 Å². The molecule has 2 aromatic rings. The Kier molecular flexibility index (Phi) is 3.06. The molecule has 0 radical (unpaired) electrons. The van der Waals surface area contributed by atoms with Crippen LogP contribution in [-0.2, 0) is 11.3 Å². The molecule has 0 aliphatic heterocycles. The molecule has 2 rings (SSSR count). The monoisotopic (exact) mass is 252 g/mol. The number of hydrogen-bond acceptors (Lipinski definition) is 4. The first-order chi connectivity index (χ1) is 8.06. The molecule has 6 nitrogen and oxygen atoms in total. The quantitative estimate of drug-likeness (QED) is 0.835. The van der Waals surface area contributed by atoms with Gasteiger partial charge in [0, 0.05) is 11.3 Å². The van der Waals surface area contributed by atoms with E-state index in [1.54, 1.807) is 25.3 Å². The molecule has 2 aromatic heterocycles. The van der Waals surface area contributed by atoms with Crippen molar-refractivity contribution in [2.24, 2.45) is 0 Å². The summed E-state index contributed by atoms with van der Waals surface area (Å²) >= 11 is 5.75. The maximum absolute atomic E-state index is 10.5. The molecule has 7 heteroatoms. The number of aryl methyl sites for hydroxylation is 1. The van der Waals surface area contributed by atoms with Gasteiger partial charge < -0.3 is 5.11 Å². The summed E-state index contributed by atoms with van der Waals surface area (Å²) in [5.41, 5.74) is 2.08. The zero-order chi connectivity index (χ0) is 12.4. The van der Waals surface area contributed by atoms with Crippen molar-refractivity contribution in [3.8, 4) is 11.3 Å². The third-order valence-corrected chi connectivity index (χ3v) is 2.37. The van der Waals surface area contributed by atoms with Gasteiger partial charge in [-0.05, 0) is 19.1 Å². The van der Waals surface area contributed by atoms with Crippen LogP contribution in [0, 0.1) is 6.92 Å². The number of carboxylic acid groups (broad SMARTS) is 1. The van der Waals surface area contributed by atoms with Crippen LogP contribution in [0.5, 0.6) is 0 Å². The minimum absolute atomic E-state index is 0.215. The van der Waals surface area contributed by atoms with E-state index < -0.39 is 5.97 Å². The predicted molar refractivity (Wildman–Crippen MR) is 60.6 cm³/mol. The summed E-state index contributed by atoms with van der Waals surface area (Å²) in [6.07, 6.45) is 1.56. The molecular weight excluding hydrogens is 244 g/mol. The van der Waals surface area contributed by atoms with Crippen LogP contribution in [0.15, 0.2) is 18.3 Å². The molecule has 0 spiro atoms. The Morgan fingerprint density at radius 1 is 1.53 bits per heavy atom. The maximum Gasteiger partial charge on any atom is 0.325 e. The zero-order valence-corrected chi connectivity index (χ0v) is 9.72. The molecule has 0 aliphatic carbocycles. The average Bonchev–Trinajstić information content (AvgIpc) is 2.65. The number of aliphatic carboxylic acids is 1. The molecule has 0 aliphatic rings. The van der Waals surface area contributed by atoms with Gasteiger partial charge in [0.1, 0.15) is 17.4 Å². The molecule has 0 saturated carbocycles. The van der Waals surface area contributed by atoms with E-state index >= 15 is 0 Å². The van der Waals surface area contributed by atoms with Crippen LogP contribution in [0.3, 0.4) is 0 Å². The highest BCUT2D eigenvalue weighted by molar-refractivity contribution is 6.29. The van der Waals surface area contributed by atoms with E-state index in [2.05, 4.69) is 15.3 Å². The summed E-state index contributed by atoms with van der Waals surface area (Å²) in [4.78, 5) is 14.6. The fourth-order valence-electron chi connectivity index (χ4n) is 1.44.